The highest BCUT2D eigenvalue weighted by molar-refractivity contribution is 6.58. The van der Waals surface area contributed by atoms with Crippen LogP contribution in [0.15, 0.2) is 218 Å². The molecule has 4 aromatic heterocycles. The van der Waals surface area contributed by atoms with Crippen molar-refractivity contribution in [3.05, 3.63) is 235 Å². The molecular weight excluding hydrogens is 971 g/mol. The Hall–Kier alpha value is -8.45. The molecule has 376 valence electrons. The number of halogens is 1. The maximum atomic E-state index is 8.87. The van der Waals surface area contributed by atoms with Gasteiger partial charge in [-0.1, -0.05) is 199 Å². The quantitative estimate of drug-likeness (QED) is 0.170. The third-order valence-electron chi connectivity index (χ3n) is 16.4. The van der Waals surface area contributed by atoms with E-state index in [0.29, 0.717) is 5.46 Å². The smallest absolute Gasteiger partial charge is 0.423 e. The second-order valence-corrected chi connectivity index (χ2v) is 23.8. The first-order valence-electron chi connectivity index (χ1n) is 27.0. The van der Waals surface area contributed by atoms with Crippen molar-refractivity contribution in [3.63, 3.8) is 0 Å². The molecule has 0 spiro atoms. The van der Waals surface area contributed by atoms with Crippen LogP contribution in [-0.4, -0.2) is 26.0 Å². The molecule has 0 aliphatic rings. The van der Waals surface area contributed by atoms with Crippen LogP contribution in [0, 0.1) is 0 Å². The van der Waals surface area contributed by atoms with Gasteiger partial charge in [0.25, 0.3) is 0 Å². The van der Waals surface area contributed by atoms with E-state index in [1.54, 1.807) is 12.1 Å². The highest BCUT2D eigenvalue weighted by Crippen LogP contribution is 2.45. The molecule has 0 saturated heterocycles. The third-order valence-corrected chi connectivity index (χ3v) is 16.6. The molecule has 16 aromatic rings. The Balaban J connectivity index is 0.000000118. The number of aromatic nitrogens is 2. The molecule has 0 aliphatic carbocycles. The number of nitrogens with zero attached hydrogens (tertiary/aromatic N) is 2. The summed E-state index contributed by atoms with van der Waals surface area (Å²) in [5.74, 6) is 0. The van der Waals surface area contributed by atoms with E-state index in [1.807, 2.05) is 12.1 Å². The van der Waals surface area contributed by atoms with Crippen LogP contribution in [0.3, 0.4) is 0 Å². The van der Waals surface area contributed by atoms with E-state index in [9.17, 15) is 0 Å². The van der Waals surface area contributed by atoms with Crippen molar-refractivity contribution in [2.45, 2.75) is 52.4 Å². The molecule has 0 unspecified atom stereocenters. The summed E-state index contributed by atoms with van der Waals surface area (Å²) in [5, 5.41) is 39.0. The molecule has 6 heteroatoms. The van der Waals surface area contributed by atoms with Crippen LogP contribution in [0.4, 0.5) is 0 Å². The number of hydrogen-bond acceptors (Lipinski definition) is 2. The maximum absolute atomic E-state index is 8.87. The lowest BCUT2D eigenvalue weighted by atomic mass is 9.78. The molecular formula is C72H56BClN2O2. The van der Waals surface area contributed by atoms with Crippen LogP contribution in [0.5, 0.6) is 0 Å². The first kappa shape index (κ1) is 48.0. The van der Waals surface area contributed by atoms with Gasteiger partial charge >= 0.3 is 7.12 Å². The van der Waals surface area contributed by atoms with Gasteiger partial charge in [0.05, 0.1) is 33.1 Å². The average Bonchev–Trinajstić information content (AvgIpc) is 4.01. The Labute approximate surface area is 457 Å². The lowest BCUT2D eigenvalue weighted by Crippen LogP contribution is -2.29. The minimum atomic E-state index is -1.37. The van der Waals surface area contributed by atoms with Gasteiger partial charge in [0.2, 0.25) is 0 Å². The SMILES string of the molecule is CC(C)(C)c1ccc(-c2cc3c4cc5ccccc5cc4n4c5cc6ccccc6cc5c(c2)c34)cc1.CC(C)(C)c1ccc(B(O)O)cc1.Clc1cc2c3cc4ccccc4cc3n3c4cc5ccccc5cc4c(c1)c23. The fourth-order valence-corrected chi connectivity index (χ4v) is 12.5. The zero-order valence-corrected chi connectivity index (χ0v) is 45.3. The number of hydrogen-bond donors (Lipinski definition) is 2. The van der Waals surface area contributed by atoms with Gasteiger partial charge in [-0.3, -0.25) is 0 Å². The second kappa shape index (κ2) is 17.8. The Morgan fingerprint density at radius 1 is 0.321 bits per heavy atom. The molecule has 0 amide bonds. The summed E-state index contributed by atoms with van der Waals surface area (Å²) in [6, 6.07) is 78.8. The van der Waals surface area contributed by atoms with Crippen molar-refractivity contribution in [2.24, 2.45) is 0 Å². The van der Waals surface area contributed by atoms with E-state index in [0.717, 1.165) is 5.02 Å². The normalized spacial score (nSPS) is 12.4. The van der Waals surface area contributed by atoms with Gasteiger partial charge in [-0.2, -0.15) is 0 Å². The Bertz CT molecular complexity index is 4770. The average molecular weight is 1030 g/mol. The lowest BCUT2D eigenvalue weighted by molar-refractivity contribution is 0.425. The largest absolute Gasteiger partial charge is 0.488 e. The van der Waals surface area contributed by atoms with Crippen LogP contribution in [0.25, 0.3) is 130 Å². The predicted octanol–water partition coefficient (Wildman–Crippen LogP) is 18.6. The minimum Gasteiger partial charge on any atom is -0.423 e. The molecule has 0 saturated carbocycles. The van der Waals surface area contributed by atoms with Crippen molar-refractivity contribution in [2.75, 3.05) is 0 Å². The van der Waals surface area contributed by atoms with E-state index in [4.69, 9.17) is 21.6 Å². The molecule has 4 nitrogen and oxygen atoms in total. The van der Waals surface area contributed by atoms with Gasteiger partial charge in [0.15, 0.2) is 0 Å². The summed E-state index contributed by atoms with van der Waals surface area (Å²) >= 11 is 6.58. The molecule has 0 fully saturated rings. The van der Waals surface area contributed by atoms with Crippen molar-refractivity contribution in [1.82, 2.24) is 8.80 Å². The predicted molar refractivity (Wildman–Crippen MR) is 336 cm³/mol. The van der Waals surface area contributed by atoms with Crippen LogP contribution >= 0.6 is 11.6 Å². The monoisotopic (exact) mass is 1030 g/mol. The molecule has 0 bridgehead atoms. The Morgan fingerprint density at radius 3 is 0.897 bits per heavy atom. The highest BCUT2D eigenvalue weighted by atomic mass is 35.5. The number of benzene rings is 12. The zero-order chi connectivity index (χ0) is 53.4. The van der Waals surface area contributed by atoms with E-state index < -0.39 is 7.12 Å². The summed E-state index contributed by atoms with van der Waals surface area (Å²) in [4.78, 5) is 0. The van der Waals surface area contributed by atoms with Crippen LogP contribution in [0.2, 0.25) is 5.02 Å². The van der Waals surface area contributed by atoms with Crippen molar-refractivity contribution < 1.29 is 10.0 Å². The zero-order valence-electron chi connectivity index (χ0n) is 44.5. The van der Waals surface area contributed by atoms with Crippen LogP contribution in [-0.2, 0) is 10.8 Å². The lowest BCUT2D eigenvalue weighted by Gasteiger charge is -2.19. The van der Waals surface area contributed by atoms with Gasteiger partial charge in [-0.05, 0) is 154 Å². The first-order valence-corrected chi connectivity index (χ1v) is 27.3. The number of rotatable bonds is 2. The van der Waals surface area contributed by atoms with E-state index >= 15 is 0 Å². The van der Waals surface area contributed by atoms with Crippen molar-refractivity contribution in [1.29, 1.82) is 0 Å². The highest BCUT2D eigenvalue weighted by Gasteiger charge is 2.23. The van der Waals surface area contributed by atoms with Gasteiger partial charge in [0, 0.05) is 48.1 Å². The van der Waals surface area contributed by atoms with E-state index in [-0.39, 0.29) is 10.8 Å². The van der Waals surface area contributed by atoms with Crippen molar-refractivity contribution in [3.8, 4) is 11.1 Å². The third kappa shape index (κ3) is 7.82. The van der Waals surface area contributed by atoms with Crippen LogP contribution in [0.1, 0.15) is 52.7 Å². The van der Waals surface area contributed by atoms with Gasteiger partial charge in [-0.15, -0.1) is 0 Å². The molecule has 0 atom stereocenters. The van der Waals surface area contributed by atoms with Crippen molar-refractivity contribution >= 4 is 143 Å². The topological polar surface area (TPSA) is 49.3 Å². The fourth-order valence-electron chi connectivity index (χ4n) is 12.3. The minimum absolute atomic E-state index is 0.110. The van der Waals surface area contributed by atoms with E-state index in [2.05, 4.69) is 244 Å². The standard InChI is InChI=1S/C36H27N.C26H14ClN.C10H15BO2/c1-36(2,3)28-14-12-22(13-15-28)27-18-31-29-16-23-8-4-6-10-25(23)20-33(29)37-34-21-26-11-7-5-9-24(26)17-30(34)32(19-27)35(31)37;27-19-13-22-20-9-15-5-1-3-7-17(15)11-24(20)28-25-12-18-8-4-2-6-16(18)10-21(25)23(14-19)26(22)28;1-10(2,3)8-4-6-9(7-5-8)11(12)13/h4-21H,1-3H3;1-14H;4-7,12-13H,1-3H3. The Morgan fingerprint density at radius 2 is 0.603 bits per heavy atom. The summed E-state index contributed by atoms with van der Waals surface area (Å²) < 4.78 is 4.92. The number of fused-ring (bicyclic) bond motifs is 16. The van der Waals surface area contributed by atoms with Gasteiger partial charge < -0.3 is 18.8 Å². The second-order valence-electron chi connectivity index (χ2n) is 23.4. The van der Waals surface area contributed by atoms with Gasteiger partial charge in [-0.25, -0.2) is 0 Å². The van der Waals surface area contributed by atoms with Gasteiger partial charge in [0.1, 0.15) is 0 Å². The summed E-state index contributed by atoms with van der Waals surface area (Å²) in [7, 11) is -1.37. The molecule has 2 N–H and O–H groups in total. The van der Waals surface area contributed by atoms with E-state index in [1.165, 1.54) is 142 Å². The van der Waals surface area contributed by atoms with Crippen LogP contribution < -0.4 is 5.46 Å². The Kier molecular flexibility index (Phi) is 10.9. The molecule has 0 aliphatic heterocycles. The maximum Gasteiger partial charge on any atom is 0.488 e. The molecule has 0 radical (unpaired) electrons. The molecule has 4 heterocycles. The summed E-state index contributed by atoms with van der Waals surface area (Å²) in [6.07, 6.45) is 0. The molecule has 12 aromatic carbocycles. The first-order chi connectivity index (χ1) is 37.6. The fraction of sp³-hybridized carbons (Fsp3) is 0.111. The summed E-state index contributed by atoms with van der Waals surface area (Å²) in [6.45, 7) is 13.2. The molecule has 16 rings (SSSR count). The molecule has 78 heavy (non-hydrogen) atoms. The summed E-state index contributed by atoms with van der Waals surface area (Å²) in [5.41, 5.74) is 13.5.